The van der Waals surface area contributed by atoms with Gasteiger partial charge in [-0.1, -0.05) is 84.8 Å². The fourth-order valence-electron chi connectivity index (χ4n) is 10.4. The van der Waals surface area contributed by atoms with E-state index in [4.69, 9.17) is 75.4 Å². The minimum absolute atomic E-state index is 0. The molecule has 0 radical (unpaired) electrons. The molecular weight excluding hydrogens is 1200 g/mol. The second-order valence-electron chi connectivity index (χ2n) is 18.8. The molecule has 6 aliphatic rings. The Balaban J connectivity index is 0.000000150. The molecule has 4 aliphatic carbocycles. The topological polar surface area (TPSA) is 133 Å². The van der Waals surface area contributed by atoms with Crippen LogP contribution in [-0.4, -0.2) is 47.7 Å². The van der Waals surface area contributed by atoms with E-state index in [-0.39, 0.29) is 46.5 Å². The lowest BCUT2D eigenvalue weighted by molar-refractivity contribution is 0.00913. The van der Waals surface area contributed by atoms with Gasteiger partial charge >= 0.3 is 0 Å². The molecule has 72 heavy (non-hydrogen) atoms. The minimum Gasteiger partial charge on any atom is -0.373 e. The van der Waals surface area contributed by atoms with Crippen LogP contribution >= 0.6 is 86.3 Å². The van der Waals surface area contributed by atoms with Crippen molar-refractivity contribution in [2.45, 2.75) is 101 Å². The highest BCUT2D eigenvalue weighted by atomic mass is 127. The number of nitriles is 2. The van der Waals surface area contributed by atoms with Crippen molar-refractivity contribution in [3.05, 3.63) is 142 Å². The third-order valence-corrected chi connectivity index (χ3v) is 15.9. The third-order valence-electron chi connectivity index (χ3n) is 14.2. The van der Waals surface area contributed by atoms with E-state index in [0.29, 0.717) is 86.7 Å². The predicted octanol–water partition coefficient (Wildman–Crippen LogP) is 14.9. The highest BCUT2D eigenvalue weighted by Crippen LogP contribution is 2.49. The fourth-order valence-corrected chi connectivity index (χ4v) is 11.9. The van der Waals surface area contributed by atoms with Crippen molar-refractivity contribution in [2.24, 2.45) is 11.8 Å². The first kappa shape index (κ1) is 52.9. The molecule has 4 aromatic carbocycles. The maximum atomic E-state index is 14.2. The summed E-state index contributed by atoms with van der Waals surface area (Å²) in [5, 5.41) is 31.5. The average molecular weight is 1240 g/mol. The maximum absolute atomic E-state index is 14.2. The normalized spacial score (nSPS) is 22.4. The third kappa shape index (κ3) is 11.0. The van der Waals surface area contributed by atoms with E-state index in [9.17, 15) is 17.6 Å². The molecule has 12 rings (SSSR count). The Labute approximate surface area is 458 Å². The van der Waals surface area contributed by atoms with Gasteiger partial charge in [0, 0.05) is 75.3 Å². The molecule has 6 aromatic rings. The zero-order valence-electron chi connectivity index (χ0n) is 38.1. The van der Waals surface area contributed by atoms with Gasteiger partial charge in [0.2, 0.25) is 0 Å². The van der Waals surface area contributed by atoms with Crippen molar-refractivity contribution in [2.75, 3.05) is 18.0 Å². The van der Waals surface area contributed by atoms with Gasteiger partial charge in [0.05, 0.1) is 45.5 Å². The largest absolute Gasteiger partial charge is 0.373 e. The van der Waals surface area contributed by atoms with Crippen LogP contribution in [0.4, 0.5) is 23.2 Å². The second kappa shape index (κ2) is 22.5. The molecule has 20 heteroatoms. The molecule has 2 saturated heterocycles. The number of anilines is 1. The molecule has 10 nitrogen and oxygen atoms in total. The lowest BCUT2D eigenvalue weighted by atomic mass is 10.0. The number of ether oxygens (including phenoxy) is 2. The van der Waals surface area contributed by atoms with Crippen LogP contribution in [0, 0.1) is 57.8 Å². The molecule has 1 N–H and O–H groups in total. The second-order valence-corrected chi connectivity index (χ2v) is 21.4. The molecule has 6 fully saturated rings. The van der Waals surface area contributed by atoms with Gasteiger partial charge in [0.1, 0.15) is 69.4 Å². The van der Waals surface area contributed by atoms with E-state index in [1.807, 2.05) is 23.1 Å². The SMILES string of the molecule is Clc1cccc(Cl)c1-c1noc(C2CC2)c1CO[C@@H]1C[C@@H]2C[C@H]1CN2.I.N#Cc1c(F)cc(Br)cc1F.N#Cc1c(F)cc(N2C[C@@H]3C[C@H]2C[C@H]3OCc2c(-c3c(Cl)cccc3Cl)noc2C2CC2)cc1F. The maximum Gasteiger partial charge on any atom is 0.146 e. The monoisotopic (exact) mass is 1240 g/mol. The summed E-state index contributed by atoms with van der Waals surface area (Å²) in [6.07, 6.45) is 8.70. The van der Waals surface area contributed by atoms with Gasteiger partial charge in [0.15, 0.2) is 0 Å². The molecule has 376 valence electrons. The molecule has 4 bridgehead atoms. The Bertz CT molecular complexity index is 3000. The number of rotatable bonds is 11. The molecule has 0 amide bonds. The molecule has 0 unspecified atom stereocenters. The Morgan fingerprint density at radius 3 is 1.51 bits per heavy atom. The first-order valence-electron chi connectivity index (χ1n) is 23.3. The van der Waals surface area contributed by atoms with E-state index in [1.165, 1.54) is 24.6 Å². The molecular formula is C52H44BrCl4F4IN6O4. The van der Waals surface area contributed by atoms with Gasteiger partial charge < -0.3 is 28.7 Å². The first-order valence-corrected chi connectivity index (χ1v) is 25.6. The van der Waals surface area contributed by atoms with Gasteiger partial charge in [-0.05, 0) is 106 Å². The van der Waals surface area contributed by atoms with Crippen molar-refractivity contribution in [1.82, 2.24) is 15.6 Å². The van der Waals surface area contributed by atoms with Gasteiger partial charge in [-0.25, -0.2) is 17.6 Å². The quantitative estimate of drug-likeness (QED) is 0.0987. The number of nitrogens with zero attached hydrogens (tertiary/aromatic N) is 5. The summed E-state index contributed by atoms with van der Waals surface area (Å²) in [6.45, 7) is 2.56. The van der Waals surface area contributed by atoms with Crippen molar-refractivity contribution in [3.8, 4) is 34.7 Å². The molecule has 0 spiro atoms. The van der Waals surface area contributed by atoms with Crippen LogP contribution in [0.3, 0.4) is 0 Å². The Kier molecular flexibility index (Phi) is 16.5. The van der Waals surface area contributed by atoms with Crippen LogP contribution in [0.5, 0.6) is 0 Å². The van der Waals surface area contributed by atoms with Gasteiger partial charge in [-0.3, -0.25) is 0 Å². The van der Waals surface area contributed by atoms with Crippen LogP contribution in [0.1, 0.15) is 97.0 Å². The van der Waals surface area contributed by atoms with Crippen molar-refractivity contribution in [3.63, 3.8) is 0 Å². The van der Waals surface area contributed by atoms with E-state index in [2.05, 4.69) is 31.6 Å². The molecule has 4 heterocycles. The van der Waals surface area contributed by atoms with Crippen LogP contribution in [0.15, 0.2) is 74.2 Å². The number of nitrogens with one attached hydrogen (secondary N) is 1. The summed E-state index contributed by atoms with van der Waals surface area (Å²) in [7, 11) is 0. The summed E-state index contributed by atoms with van der Waals surface area (Å²) in [6, 6.07) is 19.2. The highest BCUT2D eigenvalue weighted by Gasteiger charge is 2.46. The molecule has 2 aromatic heterocycles. The Hall–Kier alpha value is -3.95. The van der Waals surface area contributed by atoms with Crippen LogP contribution in [0.25, 0.3) is 22.5 Å². The number of fused-ring (bicyclic) bond motifs is 4. The lowest BCUT2D eigenvalue weighted by Crippen LogP contribution is -2.38. The summed E-state index contributed by atoms with van der Waals surface area (Å²) < 4.78 is 78.0. The van der Waals surface area contributed by atoms with E-state index >= 15 is 0 Å². The molecule has 4 saturated carbocycles. The van der Waals surface area contributed by atoms with E-state index < -0.39 is 34.4 Å². The number of benzene rings is 4. The Morgan fingerprint density at radius 2 is 1.12 bits per heavy atom. The first-order chi connectivity index (χ1) is 34.3. The van der Waals surface area contributed by atoms with E-state index in [0.717, 1.165) is 97.5 Å². The Morgan fingerprint density at radius 1 is 0.667 bits per heavy atom. The summed E-state index contributed by atoms with van der Waals surface area (Å²) in [5.74, 6) is 0.0960. The lowest BCUT2D eigenvalue weighted by Gasteiger charge is -2.33. The summed E-state index contributed by atoms with van der Waals surface area (Å²) in [4.78, 5) is 2.02. The zero-order chi connectivity index (χ0) is 49.7. The number of aromatic nitrogens is 2. The van der Waals surface area contributed by atoms with Gasteiger partial charge in [0.25, 0.3) is 0 Å². The van der Waals surface area contributed by atoms with Crippen LogP contribution < -0.4 is 10.2 Å². The smallest absolute Gasteiger partial charge is 0.146 e. The standard InChI is InChI=1S/C26H21Cl2F2N3O2.C19H20Cl2N2O2.C7H2BrF2N.HI/c27-19-2-1-3-20(28)24(19)25-18(26(35-32-25)13-4-5-13)12-34-23-9-15-6-14(23)11-33(15)16-7-21(29)17(10-31)22(30)8-16;20-14-2-1-3-15(21)17(14)18-13(19(25-23-18)10-4-5-10)9-24-16-7-12-6-11(16)8-22-12;8-4-1-6(9)5(3-11)7(10)2-4;/h1-3,7-8,13-15,23H,4-6,9,11-12H2;1-3,10-12,16,22H,4-9H2;1-2H;1H/t14-,15-,23+;11-,12-,16+;;/m00../s1. The summed E-state index contributed by atoms with van der Waals surface area (Å²) >= 11 is 28.6. The molecule has 2 aliphatic heterocycles. The number of piperidine rings is 2. The van der Waals surface area contributed by atoms with E-state index in [1.54, 1.807) is 24.3 Å². The number of halogens is 10. The van der Waals surface area contributed by atoms with Crippen molar-refractivity contribution >= 4 is 92.0 Å². The fraction of sp³-hybridized carbons (Fsp3) is 0.385. The van der Waals surface area contributed by atoms with Crippen LogP contribution in [0.2, 0.25) is 20.1 Å². The zero-order valence-corrected chi connectivity index (χ0v) is 45.0. The average Bonchev–Trinajstić information content (AvgIpc) is 3.96. The predicted molar refractivity (Wildman–Crippen MR) is 279 cm³/mol. The molecule has 6 atom stereocenters. The van der Waals surface area contributed by atoms with Crippen molar-refractivity contribution < 1.29 is 36.1 Å². The summed E-state index contributed by atoms with van der Waals surface area (Å²) in [5.41, 5.74) is 4.03. The highest BCUT2D eigenvalue weighted by molar-refractivity contribution is 14.0. The number of hydrogen-bond acceptors (Lipinski definition) is 10. The van der Waals surface area contributed by atoms with Crippen LogP contribution in [-0.2, 0) is 22.7 Å². The van der Waals surface area contributed by atoms with Gasteiger partial charge in [-0.2, -0.15) is 10.5 Å². The minimum atomic E-state index is -0.848. The number of hydrogen-bond donors (Lipinski definition) is 1. The van der Waals surface area contributed by atoms with Gasteiger partial charge in [-0.15, -0.1) is 24.0 Å². The van der Waals surface area contributed by atoms with Crippen molar-refractivity contribution in [1.29, 1.82) is 10.5 Å².